The molecule has 0 amide bonds. The van der Waals surface area contributed by atoms with Gasteiger partial charge < -0.3 is 20.7 Å². The SMILES string of the molecule is NC1CC1.O=C(O)C1CCN(c2cc[nH]c3nnc4nccc4c23)C1. The second kappa shape index (κ2) is 6.29. The fourth-order valence-corrected chi connectivity index (χ4v) is 3.06. The van der Waals surface area contributed by atoms with Crippen LogP contribution in [0, 0.1) is 5.92 Å². The van der Waals surface area contributed by atoms with Crippen molar-refractivity contribution >= 4 is 33.7 Å². The van der Waals surface area contributed by atoms with Gasteiger partial charge in [-0.15, -0.1) is 10.2 Å². The Hall–Kier alpha value is -2.74. The minimum Gasteiger partial charge on any atom is -0.481 e. The van der Waals surface area contributed by atoms with E-state index in [9.17, 15) is 4.79 Å². The molecule has 8 nitrogen and oxygen atoms in total. The van der Waals surface area contributed by atoms with Gasteiger partial charge in [-0.05, 0) is 31.4 Å². The summed E-state index contributed by atoms with van der Waals surface area (Å²) in [7, 11) is 0. The Kier molecular flexibility index (Phi) is 3.96. The van der Waals surface area contributed by atoms with Crippen LogP contribution < -0.4 is 10.6 Å². The third-order valence-corrected chi connectivity index (χ3v) is 4.65. The summed E-state index contributed by atoms with van der Waals surface area (Å²) in [5.41, 5.74) is 7.50. The topological polar surface area (TPSA) is 121 Å². The third-order valence-electron chi connectivity index (χ3n) is 4.65. The van der Waals surface area contributed by atoms with Crippen molar-refractivity contribution in [1.82, 2.24) is 20.2 Å². The Morgan fingerprint density at radius 1 is 1.28 bits per heavy atom. The van der Waals surface area contributed by atoms with E-state index >= 15 is 0 Å². The van der Waals surface area contributed by atoms with Crippen molar-refractivity contribution in [1.29, 1.82) is 0 Å². The Labute approximate surface area is 144 Å². The standard InChI is InChI=1S/C14H13N5O2.C3H7N/c20-14(21)8-3-6-19(7-8)10-2-5-16-13-11(10)9-1-4-15-12(9)17-18-13;4-3-1-2-3/h1-2,4-5,8H,3,6-7H2,(H,16,18)(H,20,21);3H,1-2,4H2. The molecule has 0 radical (unpaired) electrons. The maximum absolute atomic E-state index is 11.1. The maximum Gasteiger partial charge on any atom is 0.308 e. The van der Waals surface area contributed by atoms with Gasteiger partial charge in [0.05, 0.1) is 11.3 Å². The minimum absolute atomic E-state index is 0.313. The lowest BCUT2D eigenvalue weighted by molar-refractivity contribution is -0.140. The molecule has 1 unspecified atom stereocenters. The fraction of sp³-hybridized carbons (Fsp3) is 0.412. The van der Waals surface area contributed by atoms with Crippen LogP contribution in [0.25, 0.3) is 22.1 Å². The molecule has 130 valence electrons. The summed E-state index contributed by atoms with van der Waals surface area (Å²) in [6.45, 7) is 1.25. The van der Waals surface area contributed by atoms with Crippen LogP contribution in [0.4, 0.5) is 5.69 Å². The normalized spacial score (nSPS) is 19.9. The molecule has 0 bridgehead atoms. The zero-order valence-electron chi connectivity index (χ0n) is 13.7. The number of H-pyrrole nitrogens is 1. The number of nitrogens with one attached hydrogen (secondary N) is 1. The number of carboxylic acid groups (broad SMARTS) is 1. The number of aromatic nitrogens is 4. The highest BCUT2D eigenvalue weighted by Crippen LogP contribution is 2.33. The van der Waals surface area contributed by atoms with Crippen LogP contribution in [-0.2, 0) is 4.79 Å². The van der Waals surface area contributed by atoms with E-state index in [0.29, 0.717) is 30.3 Å². The first kappa shape index (κ1) is 15.8. The molecule has 2 fully saturated rings. The van der Waals surface area contributed by atoms with Crippen LogP contribution in [0.15, 0.2) is 24.5 Å². The quantitative estimate of drug-likeness (QED) is 0.646. The zero-order valence-corrected chi connectivity index (χ0v) is 13.7. The summed E-state index contributed by atoms with van der Waals surface area (Å²) >= 11 is 0. The molecule has 4 heterocycles. The van der Waals surface area contributed by atoms with Gasteiger partial charge in [0.1, 0.15) is 0 Å². The molecule has 3 aromatic heterocycles. The van der Waals surface area contributed by atoms with Gasteiger partial charge in [0.15, 0.2) is 11.3 Å². The zero-order chi connectivity index (χ0) is 17.4. The molecular formula is C17H20N6O2. The number of nitrogens with two attached hydrogens (primary N) is 1. The van der Waals surface area contributed by atoms with Crippen LogP contribution >= 0.6 is 0 Å². The number of hydrogen-bond acceptors (Lipinski definition) is 6. The number of pyridine rings is 1. The van der Waals surface area contributed by atoms with Gasteiger partial charge in [-0.1, -0.05) is 0 Å². The number of rotatable bonds is 2. The number of aromatic amines is 1. The summed E-state index contributed by atoms with van der Waals surface area (Å²) in [5, 5.41) is 19.3. The number of carbonyl (C=O) groups is 1. The van der Waals surface area contributed by atoms with Gasteiger partial charge >= 0.3 is 5.97 Å². The summed E-state index contributed by atoms with van der Waals surface area (Å²) in [5.74, 6) is -1.04. The number of aliphatic carboxylic acids is 1. The second-order valence-electron chi connectivity index (χ2n) is 6.58. The molecule has 25 heavy (non-hydrogen) atoms. The van der Waals surface area contributed by atoms with Gasteiger partial charge in [0.2, 0.25) is 0 Å². The average molecular weight is 340 g/mol. The highest BCUT2D eigenvalue weighted by atomic mass is 16.4. The van der Waals surface area contributed by atoms with Gasteiger partial charge in [-0.25, -0.2) is 4.98 Å². The molecule has 8 heteroatoms. The van der Waals surface area contributed by atoms with E-state index in [4.69, 9.17) is 10.8 Å². The predicted octanol–water partition coefficient (Wildman–Crippen LogP) is 1.52. The van der Waals surface area contributed by atoms with Crippen LogP contribution in [0.5, 0.6) is 0 Å². The average Bonchev–Trinajstić information content (AvgIpc) is 3.08. The van der Waals surface area contributed by atoms with E-state index in [0.717, 1.165) is 23.0 Å². The van der Waals surface area contributed by atoms with E-state index in [1.54, 1.807) is 6.20 Å². The molecule has 1 aliphatic carbocycles. The third kappa shape index (κ3) is 3.12. The van der Waals surface area contributed by atoms with Gasteiger partial charge in [0.25, 0.3) is 0 Å². The number of fused-ring (bicyclic) bond motifs is 3. The lowest BCUT2D eigenvalue weighted by Crippen LogP contribution is -2.23. The molecule has 1 saturated heterocycles. The highest BCUT2D eigenvalue weighted by Gasteiger charge is 2.29. The first-order valence-corrected chi connectivity index (χ1v) is 8.45. The number of nitrogens with zero attached hydrogens (tertiary/aromatic N) is 4. The Bertz CT molecular complexity index is 920. The molecule has 1 aliphatic heterocycles. The van der Waals surface area contributed by atoms with E-state index in [1.165, 1.54) is 12.8 Å². The van der Waals surface area contributed by atoms with Crippen molar-refractivity contribution in [2.75, 3.05) is 18.0 Å². The van der Waals surface area contributed by atoms with Crippen molar-refractivity contribution < 1.29 is 9.90 Å². The number of anilines is 1. The Morgan fingerprint density at radius 2 is 2.08 bits per heavy atom. The summed E-state index contributed by atoms with van der Waals surface area (Å²) in [6, 6.07) is 4.45. The lowest BCUT2D eigenvalue weighted by Gasteiger charge is -2.20. The van der Waals surface area contributed by atoms with Crippen molar-refractivity contribution in [3.63, 3.8) is 0 Å². The highest BCUT2D eigenvalue weighted by molar-refractivity contribution is 6.08. The number of hydrogen-bond donors (Lipinski definition) is 3. The molecule has 5 rings (SSSR count). The molecular weight excluding hydrogens is 320 g/mol. The maximum atomic E-state index is 11.1. The van der Waals surface area contributed by atoms with Gasteiger partial charge in [0, 0.05) is 42.6 Å². The van der Waals surface area contributed by atoms with E-state index in [1.807, 2.05) is 18.3 Å². The lowest BCUT2D eigenvalue weighted by atomic mass is 10.1. The molecule has 2 aliphatic rings. The van der Waals surface area contributed by atoms with Crippen LogP contribution in [0.2, 0.25) is 0 Å². The Balaban J connectivity index is 0.000000347. The first-order chi connectivity index (χ1) is 12.1. The van der Waals surface area contributed by atoms with Gasteiger partial charge in [-0.3, -0.25) is 4.79 Å². The second-order valence-corrected chi connectivity index (χ2v) is 6.58. The largest absolute Gasteiger partial charge is 0.481 e. The summed E-state index contributed by atoms with van der Waals surface area (Å²) < 4.78 is 0. The minimum atomic E-state index is -0.732. The molecule has 1 saturated carbocycles. The van der Waals surface area contributed by atoms with Crippen LogP contribution in [0.3, 0.4) is 0 Å². The summed E-state index contributed by atoms with van der Waals surface area (Å²) in [4.78, 5) is 20.5. The molecule has 0 spiro atoms. The Morgan fingerprint density at radius 3 is 2.76 bits per heavy atom. The molecule has 4 N–H and O–H groups in total. The van der Waals surface area contributed by atoms with Crippen molar-refractivity contribution in [2.24, 2.45) is 11.7 Å². The predicted molar refractivity (Wildman–Crippen MR) is 94.4 cm³/mol. The van der Waals surface area contributed by atoms with Crippen LogP contribution in [0.1, 0.15) is 19.3 Å². The first-order valence-electron chi connectivity index (χ1n) is 8.45. The van der Waals surface area contributed by atoms with E-state index in [-0.39, 0.29) is 5.92 Å². The van der Waals surface area contributed by atoms with E-state index in [2.05, 4.69) is 25.1 Å². The number of carboxylic acids is 1. The fourth-order valence-electron chi connectivity index (χ4n) is 3.06. The smallest absolute Gasteiger partial charge is 0.308 e. The summed E-state index contributed by atoms with van der Waals surface area (Å²) in [6.07, 6.45) is 6.71. The van der Waals surface area contributed by atoms with E-state index < -0.39 is 5.97 Å². The van der Waals surface area contributed by atoms with Crippen molar-refractivity contribution in [3.8, 4) is 0 Å². The van der Waals surface area contributed by atoms with Crippen LogP contribution in [-0.4, -0.2) is 50.4 Å². The molecule has 3 aromatic rings. The van der Waals surface area contributed by atoms with Crippen molar-refractivity contribution in [2.45, 2.75) is 25.3 Å². The van der Waals surface area contributed by atoms with Gasteiger partial charge in [-0.2, -0.15) is 0 Å². The van der Waals surface area contributed by atoms with Crippen molar-refractivity contribution in [3.05, 3.63) is 24.5 Å². The molecule has 1 atom stereocenters. The monoisotopic (exact) mass is 340 g/mol. The molecule has 0 aromatic carbocycles.